The molecule has 1 aliphatic heterocycles. The maximum absolute atomic E-state index is 12.5. The Kier molecular flexibility index (Phi) is 4.84. The van der Waals surface area contributed by atoms with Crippen LogP contribution < -0.4 is 10.5 Å². The van der Waals surface area contributed by atoms with Crippen molar-refractivity contribution in [2.45, 2.75) is 45.1 Å². The molecule has 2 rings (SSSR count). The molecule has 2 atom stereocenters. The fourth-order valence-corrected chi connectivity index (χ4v) is 4.38. The normalized spacial score (nSPS) is 23.3. The largest absolute Gasteiger partial charge is 0.360 e. The average Bonchev–Trinajstić information content (AvgIpc) is 3.02. The van der Waals surface area contributed by atoms with Crippen LogP contribution >= 0.6 is 0 Å². The van der Waals surface area contributed by atoms with Gasteiger partial charge in [-0.15, -0.1) is 0 Å². The van der Waals surface area contributed by atoms with E-state index >= 15 is 0 Å². The van der Waals surface area contributed by atoms with Crippen LogP contribution in [0.15, 0.2) is 9.42 Å². The van der Waals surface area contributed by atoms with Crippen molar-refractivity contribution in [1.82, 2.24) is 14.8 Å². The van der Waals surface area contributed by atoms with E-state index in [-0.39, 0.29) is 27.7 Å². The monoisotopic (exact) mass is 344 g/mol. The first-order valence-corrected chi connectivity index (χ1v) is 9.02. The first kappa shape index (κ1) is 17.9. The summed E-state index contributed by atoms with van der Waals surface area (Å²) >= 11 is 0. The zero-order valence-electron chi connectivity index (χ0n) is 13.9. The molecular weight excluding hydrogens is 320 g/mol. The molecule has 1 amide bonds. The Bertz CT molecular complexity index is 680. The highest BCUT2D eigenvalue weighted by atomic mass is 32.2. The number of carbonyl (C=O) groups is 1. The fourth-order valence-electron chi connectivity index (χ4n) is 2.85. The molecule has 23 heavy (non-hydrogen) atoms. The predicted molar refractivity (Wildman–Crippen MR) is 84.1 cm³/mol. The topological polar surface area (TPSA) is 119 Å². The summed E-state index contributed by atoms with van der Waals surface area (Å²) in [6, 6.07) is -0.867. The molecule has 1 fully saturated rings. The van der Waals surface area contributed by atoms with Gasteiger partial charge in [-0.3, -0.25) is 4.79 Å². The number of carbonyl (C=O) groups excluding carboxylic acids is 1. The van der Waals surface area contributed by atoms with Crippen molar-refractivity contribution in [2.75, 3.05) is 19.6 Å². The van der Waals surface area contributed by atoms with Crippen LogP contribution in [0.3, 0.4) is 0 Å². The summed E-state index contributed by atoms with van der Waals surface area (Å²) in [6.45, 7) is 8.26. The van der Waals surface area contributed by atoms with Gasteiger partial charge < -0.3 is 15.2 Å². The molecule has 3 N–H and O–H groups in total. The number of hydrogen-bond donors (Lipinski definition) is 2. The number of aromatic nitrogens is 1. The van der Waals surface area contributed by atoms with Crippen LogP contribution in [0.4, 0.5) is 0 Å². The minimum absolute atomic E-state index is 0.00892. The van der Waals surface area contributed by atoms with Crippen LogP contribution in [0.5, 0.6) is 0 Å². The number of sulfonamides is 1. The first-order valence-electron chi connectivity index (χ1n) is 7.54. The van der Waals surface area contributed by atoms with E-state index in [1.165, 1.54) is 13.8 Å². The highest BCUT2D eigenvalue weighted by Gasteiger charge is 2.37. The van der Waals surface area contributed by atoms with Crippen molar-refractivity contribution in [2.24, 2.45) is 11.1 Å². The van der Waals surface area contributed by atoms with Crippen LogP contribution in [0.2, 0.25) is 0 Å². The van der Waals surface area contributed by atoms with E-state index in [4.69, 9.17) is 10.3 Å². The molecule has 8 nitrogen and oxygen atoms in total. The van der Waals surface area contributed by atoms with Gasteiger partial charge in [-0.25, -0.2) is 8.42 Å². The molecule has 0 saturated carbocycles. The van der Waals surface area contributed by atoms with Crippen LogP contribution in [0.1, 0.15) is 31.7 Å². The number of rotatable bonds is 5. The third kappa shape index (κ3) is 3.56. The number of hydrogen-bond acceptors (Lipinski definition) is 6. The minimum Gasteiger partial charge on any atom is -0.360 e. The number of nitrogens with two attached hydrogens (primary N) is 1. The summed E-state index contributed by atoms with van der Waals surface area (Å²) in [7, 11) is -3.86. The Labute approximate surface area is 136 Å². The highest BCUT2D eigenvalue weighted by molar-refractivity contribution is 7.89. The number of nitrogens with zero attached hydrogens (tertiary/aromatic N) is 2. The van der Waals surface area contributed by atoms with E-state index < -0.39 is 16.1 Å². The summed E-state index contributed by atoms with van der Waals surface area (Å²) in [5, 5.41) is 3.64. The zero-order valence-corrected chi connectivity index (χ0v) is 14.7. The van der Waals surface area contributed by atoms with Gasteiger partial charge in [0.15, 0.2) is 5.76 Å². The first-order chi connectivity index (χ1) is 10.6. The molecule has 0 aromatic carbocycles. The van der Waals surface area contributed by atoms with Gasteiger partial charge in [-0.1, -0.05) is 12.1 Å². The second-order valence-electron chi connectivity index (χ2n) is 6.52. The van der Waals surface area contributed by atoms with Gasteiger partial charge in [0.05, 0.1) is 6.04 Å². The van der Waals surface area contributed by atoms with Gasteiger partial charge in [-0.2, -0.15) is 4.72 Å². The van der Waals surface area contributed by atoms with Crippen LogP contribution in [-0.2, 0) is 14.8 Å². The van der Waals surface area contributed by atoms with Gasteiger partial charge in [0, 0.05) is 13.1 Å². The second-order valence-corrected chi connectivity index (χ2v) is 8.17. The van der Waals surface area contributed by atoms with Crippen LogP contribution in [0.25, 0.3) is 0 Å². The standard InChI is InChI=1S/C14H24N4O4S/c1-9-12(11(3)22-16-9)23(20,21)17-10(2)13(19)18-6-5-14(4,7-15)8-18/h10,17H,5-8,15H2,1-4H3. The molecule has 130 valence electrons. The maximum Gasteiger partial charge on any atom is 0.246 e. The second kappa shape index (κ2) is 6.21. The maximum atomic E-state index is 12.5. The molecule has 0 bridgehead atoms. The number of nitrogens with one attached hydrogen (secondary N) is 1. The fraction of sp³-hybridized carbons (Fsp3) is 0.714. The molecule has 0 spiro atoms. The molecule has 1 aromatic heterocycles. The third-order valence-corrected chi connectivity index (χ3v) is 6.09. The van der Waals surface area contributed by atoms with E-state index in [1.807, 2.05) is 6.92 Å². The van der Waals surface area contributed by atoms with E-state index in [0.29, 0.717) is 19.6 Å². The highest BCUT2D eigenvalue weighted by Crippen LogP contribution is 2.29. The molecule has 9 heteroatoms. The lowest BCUT2D eigenvalue weighted by atomic mass is 9.90. The van der Waals surface area contributed by atoms with Gasteiger partial charge in [0.2, 0.25) is 15.9 Å². The van der Waals surface area contributed by atoms with E-state index in [9.17, 15) is 13.2 Å². The van der Waals surface area contributed by atoms with Gasteiger partial charge in [0.25, 0.3) is 0 Å². The quantitative estimate of drug-likeness (QED) is 0.785. The molecular formula is C14H24N4O4S. The predicted octanol–water partition coefficient (Wildman–Crippen LogP) is 0.156. The Hall–Kier alpha value is -1.45. The summed E-state index contributed by atoms with van der Waals surface area (Å²) in [6.07, 6.45) is 0.818. The lowest BCUT2D eigenvalue weighted by molar-refractivity contribution is -0.131. The minimum atomic E-state index is -3.86. The van der Waals surface area contributed by atoms with Crippen molar-refractivity contribution >= 4 is 15.9 Å². The Balaban J connectivity index is 2.10. The molecule has 1 saturated heterocycles. The molecule has 0 radical (unpaired) electrons. The molecule has 1 aromatic rings. The van der Waals surface area contributed by atoms with Gasteiger partial charge >= 0.3 is 0 Å². The van der Waals surface area contributed by atoms with Crippen molar-refractivity contribution in [3.8, 4) is 0 Å². The van der Waals surface area contributed by atoms with Crippen LogP contribution in [-0.4, -0.2) is 50.1 Å². The SMILES string of the molecule is Cc1noc(C)c1S(=O)(=O)NC(C)C(=O)N1CCC(C)(CN)C1. The molecule has 1 aliphatic rings. The van der Waals surface area contributed by atoms with Crippen molar-refractivity contribution < 1.29 is 17.7 Å². The van der Waals surface area contributed by atoms with E-state index in [1.54, 1.807) is 11.8 Å². The molecule has 2 heterocycles. The number of aryl methyl sites for hydroxylation is 2. The smallest absolute Gasteiger partial charge is 0.246 e. The van der Waals surface area contributed by atoms with Gasteiger partial charge in [0.1, 0.15) is 10.6 Å². The molecule has 2 unspecified atom stereocenters. The summed E-state index contributed by atoms with van der Waals surface area (Å²) < 4.78 is 32.2. The third-order valence-electron chi connectivity index (χ3n) is 4.30. The average molecular weight is 344 g/mol. The number of amides is 1. The summed E-state index contributed by atoms with van der Waals surface area (Å²) in [5.41, 5.74) is 5.91. The van der Waals surface area contributed by atoms with Crippen molar-refractivity contribution in [1.29, 1.82) is 0 Å². The van der Waals surface area contributed by atoms with Crippen molar-refractivity contribution in [3.05, 3.63) is 11.5 Å². The Morgan fingerprint density at radius 1 is 1.52 bits per heavy atom. The zero-order chi connectivity index (χ0) is 17.4. The Morgan fingerprint density at radius 2 is 2.17 bits per heavy atom. The summed E-state index contributed by atoms with van der Waals surface area (Å²) in [5.74, 6) is -0.0518. The summed E-state index contributed by atoms with van der Waals surface area (Å²) in [4.78, 5) is 14.1. The lowest BCUT2D eigenvalue weighted by Crippen LogP contribution is -2.47. The number of likely N-dealkylation sites (tertiary alicyclic amines) is 1. The van der Waals surface area contributed by atoms with Gasteiger partial charge in [-0.05, 0) is 39.2 Å². The van der Waals surface area contributed by atoms with E-state index in [0.717, 1.165) is 6.42 Å². The lowest BCUT2D eigenvalue weighted by Gasteiger charge is -2.25. The molecule has 0 aliphatic carbocycles. The van der Waals surface area contributed by atoms with E-state index in [2.05, 4.69) is 9.88 Å². The Morgan fingerprint density at radius 3 is 2.65 bits per heavy atom. The van der Waals surface area contributed by atoms with Crippen LogP contribution in [0, 0.1) is 19.3 Å². The van der Waals surface area contributed by atoms with Crippen molar-refractivity contribution in [3.63, 3.8) is 0 Å².